The first kappa shape index (κ1) is 15.4. The quantitative estimate of drug-likeness (QED) is 0.708. The van der Waals surface area contributed by atoms with E-state index in [4.69, 9.17) is 4.74 Å². The highest BCUT2D eigenvalue weighted by atomic mass is 16.5. The van der Waals surface area contributed by atoms with Gasteiger partial charge < -0.3 is 14.5 Å². The predicted octanol–water partition coefficient (Wildman–Crippen LogP) is 1.70. The van der Waals surface area contributed by atoms with E-state index in [0.717, 1.165) is 22.5 Å². The van der Waals surface area contributed by atoms with E-state index in [1.165, 1.54) is 7.11 Å². The summed E-state index contributed by atoms with van der Waals surface area (Å²) in [6, 6.07) is 9.89. The van der Waals surface area contributed by atoms with Gasteiger partial charge in [0.1, 0.15) is 12.1 Å². The van der Waals surface area contributed by atoms with Gasteiger partial charge in [-0.25, -0.2) is 19.4 Å². The fourth-order valence-electron chi connectivity index (χ4n) is 3.07. The number of amides is 1. The van der Waals surface area contributed by atoms with E-state index in [-0.39, 0.29) is 6.09 Å². The molecule has 1 saturated heterocycles. The third kappa shape index (κ3) is 2.75. The summed E-state index contributed by atoms with van der Waals surface area (Å²) in [6.07, 6.45) is 3.07. The second kappa shape index (κ2) is 6.39. The van der Waals surface area contributed by atoms with Crippen molar-refractivity contribution < 1.29 is 9.53 Å². The molecule has 1 aromatic carbocycles. The number of hydrogen-bond acceptors (Lipinski definition) is 6. The SMILES string of the molecule is COC(=O)N1CCN(c2ncnc3c2cnn3-c2ccccc2)CC1. The minimum atomic E-state index is -0.288. The molecule has 0 aliphatic carbocycles. The van der Waals surface area contributed by atoms with Gasteiger partial charge in [-0.05, 0) is 12.1 Å². The molecule has 0 N–H and O–H groups in total. The summed E-state index contributed by atoms with van der Waals surface area (Å²) in [7, 11) is 1.40. The Bertz CT molecular complexity index is 887. The summed E-state index contributed by atoms with van der Waals surface area (Å²) in [5, 5.41) is 5.38. The van der Waals surface area contributed by atoms with Crippen molar-refractivity contribution in [1.29, 1.82) is 0 Å². The van der Waals surface area contributed by atoms with Crippen LogP contribution in [0.15, 0.2) is 42.9 Å². The lowest BCUT2D eigenvalue weighted by atomic mass is 10.3. The summed E-state index contributed by atoms with van der Waals surface area (Å²) in [4.78, 5) is 24.3. The van der Waals surface area contributed by atoms with E-state index in [0.29, 0.717) is 26.2 Å². The van der Waals surface area contributed by atoms with E-state index < -0.39 is 0 Å². The third-order valence-corrected chi connectivity index (χ3v) is 4.36. The van der Waals surface area contributed by atoms with Crippen molar-refractivity contribution in [2.45, 2.75) is 0 Å². The topological polar surface area (TPSA) is 76.4 Å². The number of benzene rings is 1. The maximum atomic E-state index is 11.6. The van der Waals surface area contributed by atoms with Gasteiger partial charge in [-0.2, -0.15) is 5.10 Å². The van der Waals surface area contributed by atoms with E-state index in [2.05, 4.69) is 20.0 Å². The molecule has 3 heterocycles. The highest BCUT2D eigenvalue weighted by molar-refractivity contribution is 5.87. The van der Waals surface area contributed by atoms with Gasteiger partial charge in [0.25, 0.3) is 0 Å². The zero-order valence-electron chi connectivity index (χ0n) is 13.9. The number of methoxy groups -OCH3 is 1. The van der Waals surface area contributed by atoms with Crippen LogP contribution < -0.4 is 4.90 Å². The number of anilines is 1. The Morgan fingerprint density at radius 1 is 1.08 bits per heavy atom. The lowest BCUT2D eigenvalue weighted by molar-refractivity contribution is 0.121. The molecule has 25 heavy (non-hydrogen) atoms. The highest BCUT2D eigenvalue weighted by Gasteiger charge is 2.24. The number of carbonyl (C=O) groups excluding carboxylic acids is 1. The van der Waals surface area contributed by atoms with E-state index in [1.807, 2.05) is 35.0 Å². The Morgan fingerprint density at radius 2 is 1.84 bits per heavy atom. The maximum Gasteiger partial charge on any atom is 0.409 e. The minimum Gasteiger partial charge on any atom is -0.453 e. The number of ether oxygens (including phenoxy) is 1. The van der Waals surface area contributed by atoms with Gasteiger partial charge in [-0.15, -0.1) is 0 Å². The Balaban J connectivity index is 1.64. The second-order valence-electron chi connectivity index (χ2n) is 5.77. The monoisotopic (exact) mass is 338 g/mol. The van der Waals surface area contributed by atoms with Crippen LogP contribution in [0.4, 0.5) is 10.6 Å². The van der Waals surface area contributed by atoms with Gasteiger partial charge in [-0.3, -0.25) is 0 Å². The summed E-state index contributed by atoms with van der Waals surface area (Å²) in [6.45, 7) is 2.59. The van der Waals surface area contributed by atoms with Crippen LogP contribution in [0, 0.1) is 0 Å². The van der Waals surface area contributed by atoms with Crippen molar-refractivity contribution in [3.63, 3.8) is 0 Å². The number of piperazine rings is 1. The average molecular weight is 338 g/mol. The van der Waals surface area contributed by atoms with Gasteiger partial charge in [0.05, 0.1) is 24.4 Å². The standard InChI is InChI=1S/C17H18N6O2/c1-25-17(24)22-9-7-21(8-10-22)15-14-11-20-23(16(14)19-12-18-15)13-5-3-2-4-6-13/h2-6,11-12H,7-10H2,1H3. The molecule has 128 valence electrons. The molecule has 1 aliphatic rings. The third-order valence-electron chi connectivity index (χ3n) is 4.36. The molecule has 1 amide bonds. The minimum absolute atomic E-state index is 0.288. The van der Waals surface area contributed by atoms with Crippen molar-refractivity contribution in [2.75, 3.05) is 38.2 Å². The fourth-order valence-corrected chi connectivity index (χ4v) is 3.07. The number of para-hydroxylation sites is 1. The first-order valence-electron chi connectivity index (χ1n) is 8.10. The molecule has 8 nitrogen and oxygen atoms in total. The summed E-state index contributed by atoms with van der Waals surface area (Å²) in [5.74, 6) is 0.844. The second-order valence-corrected chi connectivity index (χ2v) is 5.77. The summed E-state index contributed by atoms with van der Waals surface area (Å²) < 4.78 is 6.59. The summed E-state index contributed by atoms with van der Waals surface area (Å²) in [5.41, 5.74) is 1.73. The van der Waals surface area contributed by atoms with Crippen LogP contribution in [-0.4, -0.2) is 64.0 Å². The number of fused-ring (bicyclic) bond motifs is 1. The van der Waals surface area contributed by atoms with Crippen LogP contribution in [0.2, 0.25) is 0 Å². The van der Waals surface area contributed by atoms with Crippen LogP contribution in [-0.2, 0) is 4.74 Å². The summed E-state index contributed by atoms with van der Waals surface area (Å²) >= 11 is 0. The maximum absolute atomic E-state index is 11.6. The zero-order valence-corrected chi connectivity index (χ0v) is 13.9. The lowest BCUT2D eigenvalue weighted by Crippen LogP contribution is -2.49. The normalized spacial score (nSPS) is 14.8. The molecule has 0 spiro atoms. The van der Waals surface area contributed by atoms with Crippen molar-refractivity contribution in [2.24, 2.45) is 0 Å². The first-order chi connectivity index (χ1) is 12.3. The van der Waals surface area contributed by atoms with Gasteiger partial charge in [0.15, 0.2) is 5.65 Å². The molecule has 0 saturated carbocycles. The largest absolute Gasteiger partial charge is 0.453 e. The Labute approximate surface area is 144 Å². The molecule has 4 rings (SSSR count). The number of carbonyl (C=O) groups is 1. The van der Waals surface area contributed by atoms with Crippen LogP contribution in [0.25, 0.3) is 16.7 Å². The molecule has 8 heteroatoms. The van der Waals surface area contributed by atoms with E-state index in [1.54, 1.807) is 17.4 Å². The molecule has 0 bridgehead atoms. The predicted molar refractivity (Wildman–Crippen MR) is 92.9 cm³/mol. The molecular formula is C17H18N6O2. The Morgan fingerprint density at radius 3 is 2.56 bits per heavy atom. The van der Waals surface area contributed by atoms with Crippen LogP contribution >= 0.6 is 0 Å². The van der Waals surface area contributed by atoms with E-state index >= 15 is 0 Å². The van der Waals surface area contributed by atoms with Crippen LogP contribution in [0.3, 0.4) is 0 Å². The fraction of sp³-hybridized carbons (Fsp3) is 0.294. The highest BCUT2D eigenvalue weighted by Crippen LogP contribution is 2.25. The van der Waals surface area contributed by atoms with Gasteiger partial charge in [0.2, 0.25) is 0 Å². The van der Waals surface area contributed by atoms with Gasteiger partial charge in [0, 0.05) is 26.2 Å². The molecule has 0 radical (unpaired) electrons. The first-order valence-corrected chi connectivity index (χ1v) is 8.10. The average Bonchev–Trinajstić information content (AvgIpc) is 3.12. The number of hydrogen-bond donors (Lipinski definition) is 0. The molecule has 0 atom stereocenters. The Hall–Kier alpha value is -3.16. The smallest absolute Gasteiger partial charge is 0.409 e. The molecule has 1 aliphatic heterocycles. The molecule has 3 aromatic rings. The van der Waals surface area contributed by atoms with Gasteiger partial charge in [-0.1, -0.05) is 18.2 Å². The van der Waals surface area contributed by atoms with Crippen LogP contribution in [0.5, 0.6) is 0 Å². The van der Waals surface area contributed by atoms with Crippen molar-refractivity contribution in [3.05, 3.63) is 42.9 Å². The number of rotatable bonds is 2. The molecule has 2 aromatic heterocycles. The van der Waals surface area contributed by atoms with Crippen molar-refractivity contribution in [3.8, 4) is 5.69 Å². The van der Waals surface area contributed by atoms with Crippen molar-refractivity contribution >= 4 is 22.9 Å². The molecule has 0 unspecified atom stereocenters. The lowest BCUT2D eigenvalue weighted by Gasteiger charge is -2.34. The van der Waals surface area contributed by atoms with E-state index in [9.17, 15) is 4.79 Å². The Kier molecular flexibility index (Phi) is 3.93. The van der Waals surface area contributed by atoms with Crippen molar-refractivity contribution in [1.82, 2.24) is 24.6 Å². The zero-order chi connectivity index (χ0) is 17.2. The number of aromatic nitrogens is 4. The van der Waals surface area contributed by atoms with Crippen LogP contribution in [0.1, 0.15) is 0 Å². The van der Waals surface area contributed by atoms with Gasteiger partial charge >= 0.3 is 6.09 Å². The molecular weight excluding hydrogens is 320 g/mol. The molecule has 1 fully saturated rings. The number of nitrogens with zero attached hydrogens (tertiary/aromatic N) is 6.